The molecule has 42 heavy (non-hydrogen) atoms. The first-order valence-electron chi connectivity index (χ1n) is 14.0. The van der Waals surface area contributed by atoms with Crippen molar-refractivity contribution in [1.29, 1.82) is 0 Å². The molecule has 2 aromatic heterocycles. The summed E-state index contributed by atoms with van der Waals surface area (Å²) in [5.74, 6) is -1.04. The van der Waals surface area contributed by atoms with E-state index < -0.39 is 22.8 Å². The molecule has 2 atom stereocenters. The van der Waals surface area contributed by atoms with E-state index in [-0.39, 0.29) is 16.4 Å². The first-order valence-corrected chi connectivity index (χ1v) is 16.2. The molecule has 4 aromatic rings. The van der Waals surface area contributed by atoms with E-state index in [4.69, 9.17) is 10.2 Å². The van der Waals surface area contributed by atoms with Crippen LogP contribution in [0.5, 0.6) is 0 Å². The molecule has 6 rings (SSSR count). The van der Waals surface area contributed by atoms with Gasteiger partial charge >= 0.3 is 5.97 Å². The molecule has 0 radical (unpaired) electrons. The van der Waals surface area contributed by atoms with Gasteiger partial charge in [-0.15, -0.1) is 16.5 Å². The summed E-state index contributed by atoms with van der Waals surface area (Å²) in [6.45, 7) is 2.19. The summed E-state index contributed by atoms with van der Waals surface area (Å²) in [4.78, 5) is 15.9. The van der Waals surface area contributed by atoms with Gasteiger partial charge in [-0.1, -0.05) is 23.3 Å². The number of nitrogens with zero attached hydrogens (tertiary/aromatic N) is 3. The number of benzene rings is 2. The van der Waals surface area contributed by atoms with E-state index in [1.165, 1.54) is 34.9 Å². The number of thiazole rings is 1. The van der Waals surface area contributed by atoms with Crippen LogP contribution in [0.15, 0.2) is 52.7 Å². The number of aromatic carboxylic acids is 1. The van der Waals surface area contributed by atoms with E-state index in [0.717, 1.165) is 48.9 Å². The minimum Gasteiger partial charge on any atom is -0.476 e. The Balaban J connectivity index is 1.52. The third-order valence-corrected chi connectivity index (χ3v) is 9.70. The van der Waals surface area contributed by atoms with E-state index in [2.05, 4.69) is 18.0 Å². The first kappa shape index (κ1) is 28.6. The fourth-order valence-corrected chi connectivity index (χ4v) is 6.77. The molecule has 1 fully saturated rings. The second-order valence-electron chi connectivity index (χ2n) is 11.2. The molecule has 1 saturated carbocycles. The molecule has 2 aliphatic carbocycles. The Morgan fingerprint density at radius 1 is 1.17 bits per heavy atom. The Bertz CT molecular complexity index is 1740. The van der Waals surface area contributed by atoms with Gasteiger partial charge in [0, 0.05) is 28.5 Å². The van der Waals surface area contributed by atoms with E-state index in [1.807, 2.05) is 6.07 Å². The highest BCUT2D eigenvalue weighted by Gasteiger charge is 2.30. The molecule has 0 saturated heterocycles. The molecule has 7 nitrogen and oxygen atoms in total. The fourth-order valence-electron chi connectivity index (χ4n) is 5.50. The zero-order chi connectivity index (χ0) is 29.5. The van der Waals surface area contributed by atoms with E-state index in [1.54, 1.807) is 16.8 Å². The number of hydrogen-bond donors (Lipinski definition) is 2. The van der Waals surface area contributed by atoms with Crippen LogP contribution in [-0.2, 0) is 28.0 Å². The molecule has 2 aliphatic rings. The van der Waals surface area contributed by atoms with Crippen LogP contribution in [0.4, 0.5) is 8.78 Å². The third kappa shape index (κ3) is 5.86. The zero-order valence-electron chi connectivity index (χ0n) is 23.0. The van der Waals surface area contributed by atoms with Gasteiger partial charge in [-0.05, 0) is 91.8 Å². The summed E-state index contributed by atoms with van der Waals surface area (Å²) in [7, 11) is -2.32. The summed E-state index contributed by atoms with van der Waals surface area (Å²) in [5.41, 5.74) is 5.13. The lowest BCUT2D eigenvalue weighted by Crippen LogP contribution is -2.07. The van der Waals surface area contributed by atoms with Crippen LogP contribution in [0.2, 0.25) is 0 Å². The zero-order valence-corrected chi connectivity index (χ0v) is 24.7. The lowest BCUT2D eigenvalue weighted by Gasteiger charge is -2.19. The number of halogens is 2. The molecule has 0 bridgehead atoms. The van der Waals surface area contributed by atoms with Gasteiger partial charge in [-0.2, -0.15) is 5.10 Å². The molecule has 0 amide bonds. The highest BCUT2D eigenvalue weighted by atomic mass is 32.2. The van der Waals surface area contributed by atoms with E-state index in [0.29, 0.717) is 52.2 Å². The normalized spacial score (nSPS) is 17.7. The number of carboxylic acid groups (broad SMARTS) is 1. The highest BCUT2D eigenvalue weighted by Crippen LogP contribution is 2.39. The van der Waals surface area contributed by atoms with Crippen LogP contribution >= 0.6 is 11.3 Å². The largest absolute Gasteiger partial charge is 0.476 e. The standard InChI is InChI=1S/C31H30F2N4O3S2/c1-17-2-7-20(8-3-17)22-15-21(9-10-24(22)32)29-23(12-19-6-11-28(42(34)40)25(33)13-19)27(14-18-4-5-18)37(36-29)31-35-26(16-41-31)30(38)39/h6-7,9-11,13,15-18H,2-5,8,12,14H2,1H3,(H2,34,40)(H,38,39)/p+1. The van der Waals surface area contributed by atoms with Crippen LogP contribution in [0.25, 0.3) is 22.0 Å². The number of nitrogens with two attached hydrogens (primary N) is 1. The van der Waals surface area contributed by atoms with Gasteiger partial charge in [-0.25, -0.2) is 23.2 Å². The van der Waals surface area contributed by atoms with E-state index in [9.17, 15) is 18.5 Å². The van der Waals surface area contributed by atoms with Gasteiger partial charge < -0.3 is 5.11 Å². The lowest BCUT2D eigenvalue weighted by molar-refractivity contribution is 0.0691. The Morgan fingerprint density at radius 3 is 2.62 bits per heavy atom. The second-order valence-corrected chi connectivity index (χ2v) is 13.2. The SMILES string of the molecule is CC1CC=C(c2cc(-c3nn(-c4nc(C(=O)O)cs4)c(CC4CC4)c3Cc3ccc([SH+](N)=O)c(F)c3)ccc2F)CC1. The van der Waals surface area contributed by atoms with Crippen molar-refractivity contribution in [2.24, 2.45) is 17.0 Å². The predicted octanol–water partition coefficient (Wildman–Crippen LogP) is 6.65. The lowest BCUT2D eigenvalue weighted by atomic mass is 9.86. The van der Waals surface area contributed by atoms with Crippen molar-refractivity contribution in [3.05, 3.63) is 87.6 Å². The minimum absolute atomic E-state index is 0.0369. The number of rotatable bonds is 9. The van der Waals surface area contributed by atoms with Crippen LogP contribution in [0.3, 0.4) is 0 Å². The van der Waals surface area contributed by atoms with Gasteiger partial charge in [-0.3, -0.25) is 0 Å². The topological polar surface area (TPSA) is 111 Å². The molecule has 2 aromatic carbocycles. The van der Waals surface area contributed by atoms with Crippen LogP contribution < -0.4 is 5.14 Å². The average Bonchev–Trinajstić information content (AvgIpc) is 3.52. The summed E-state index contributed by atoms with van der Waals surface area (Å²) >= 11 is 1.19. The molecular formula is C31H31F2N4O3S2+. The van der Waals surface area contributed by atoms with Gasteiger partial charge in [0.15, 0.2) is 22.5 Å². The van der Waals surface area contributed by atoms with E-state index >= 15 is 4.39 Å². The van der Waals surface area contributed by atoms with Crippen molar-refractivity contribution >= 4 is 33.9 Å². The van der Waals surface area contributed by atoms with Crippen molar-refractivity contribution in [2.45, 2.75) is 56.8 Å². The van der Waals surface area contributed by atoms with Crippen molar-refractivity contribution in [2.75, 3.05) is 0 Å². The number of hydrogen-bond acceptors (Lipinski definition) is 5. The Hall–Kier alpha value is -3.54. The Kier molecular flexibility index (Phi) is 7.91. The summed E-state index contributed by atoms with van der Waals surface area (Å²) in [5, 5.41) is 21.8. The number of aromatic nitrogens is 3. The molecule has 0 spiro atoms. The average molecular weight is 610 g/mol. The number of carboxylic acids is 1. The Labute approximate surface area is 248 Å². The van der Waals surface area contributed by atoms with Gasteiger partial charge in [0.1, 0.15) is 5.82 Å². The monoisotopic (exact) mass is 609 g/mol. The smallest absolute Gasteiger partial charge is 0.355 e. The third-order valence-electron chi connectivity index (χ3n) is 8.05. The van der Waals surface area contributed by atoms with Gasteiger partial charge in [0.05, 0.1) is 11.4 Å². The molecule has 3 N–H and O–H groups in total. The molecule has 218 valence electrons. The van der Waals surface area contributed by atoms with Gasteiger partial charge in [0.25, 0.3) is 0 Å². The minimum atomic E-state index is -2.32. The van der Waals surface area contributed by atoms with Crippen LogP contribution in [0.1, 0.15) is 71.9 Å². The summed E-state index contributed by atoms with van der Waals surface area (Å²) in [6, 6.07) is 9.49. The van der Waals surface area contributed by atoms with Crippen molar-refractivity contribution in [3.63, 3.8) is 0 Å². The molecule has 2 heterocycles. The number of allylic oxidation sites excluding steroid dienone is 2. The summed E-state index contributed by atoms with van der Waals surface area (Å²) < 4.78 is 43.5. The maximum absolute atomic E-state index is 15.2. The number of carbonyl (C=O) groups is 1. The first-order chi connectivity index (χ1) is 20.2. The Morgan fingerprint density at radius 2 is 1.98 bits per heavy atom. The molecular weight excluding hydrogens is 578 g/mol. The summed E-state index contributed by atoms with van der Waals surface area (Å²) in [6.07, 6.45) is 7.93. The van der Waals surface area contributed by atoms with Crippen molar-refractivity contribution in [3.8, 4) is 16.4 Å². The highest BCUT2D eigenvalue weighted by molar-refractivity contribution is 7.82. The fraction of sp³-hybridized carbons (Fsp3) is 0.323. The quantitative estimate of drug-likeness (QED) is 0.163. The van der Waals surface area contributed by atoms with Crippen LogP contribution in [0, 0.1) is 23.5 Å². The maximum Gasteiger partial charge on any atom is 0.355 e. The van der Waals surface area contributed by atoms with Crippen LogP contribution in [-0.4, -0.2) is 25.8 Å². The molecule has 2 unspecified atom stereocenters. The predicted molar refractivity (Wildman–Crippen MR) is 160 cm³/mol. The van der Waals surface area contributed by atoms with Crippen molar-refractivity contribution < 1.29 is 22.9 Å². The molecule has 0 aliphatic heterocycles. The maximum atomic E-state index is 15.2. The molecule has 11 heteroatoms. The van der Waals surface area contributed by atoms with Gasteiger partial charge in [0.2, 0.25) is 10.0 Å². The van der Waals surface area contributed by atoms with Crippen molar-refractivity contribution in [1.82, 2.24) is 14.8 Å². The second kappa shape index (κ2) is 11.6. The number of thiol groups is 1.